The van der Waals surface area contributed by atoms with Crippen LogP contribution >= 0.6 is 0 Å². The van der Waals surface area contributed by atoms with Crippen LogP contribution < -0.4 is 5.73 Å². The zero-order valence-corrected chi connectivity index (χ0v) is 7.16. The highest BCUT2D eigenvalue weighted by Gasteiger charge is 2.24. The Morgan fingerprint density at radius 2 is 2.42 bits per heavy atom. The summed E-state index contributed by atoms with van der Waals surface area (Å²) in [5.41, 5.74) is 5.58. The van der Waals surface area contributed by atoms with Gasteiger partial charge in [-0.15, -0.1) is 0 Å². The summed E-state index contributed by atoms with van der Waals surface area (Å²) >= 11 is 0. The van der Waals surface area contributed by atoms with Crippen LogP contribution in [0.25, 0.3) is 0 Å². The summed E-state index contributed by atoms with van der Waals surface area (Å²) in [4.78, 5) is 4.19. The van der Waals surface area contributed by atoms with E-state index in [4.69, 9.17) is 10.3 Å². The molecule has 0 unspecified atom stereocenters. The molecule has 4 nitrogen and oxygen atoms in total. The standard InChI is InChI=1S/C8H13N3O/c1-5(9)8-10-7(11-12-8)4-6-2-3-6/h5-6H,2-4,9H2,1H3/t5-/m0/s1. The van der Waals surface area contributed by atoms with Gasteiger partial charge in [0.05, 0.1) is 6.04 Å². The highest BCUT2D eigenvalue weighted by molar-refractivity contribution is 4.94. The van der Waals surface area contributed by atoms with Gasteiger partial charge in [0.15, 0.2) is 5.82 Å². The molecule has 0 aliphatic heterocycles. The minimum absolute atomic E-state index is 0.148. The first kappa shape index (κ1) is 7.73. The molecule has 2 N–H and O–H groups in total. The Morgan fingerprint density at radius 3 is 2.92 bits per heavy atom. The number of hydrogen-bond donors (Lipinski definition) is 1. The first-order valence-corrected chi connectivity index (χ1v) is 4.34. The number of aromatic nitrogens is 2. The van der Waals surface area contributed by atoms with E-state index in [1.54, 1.807) is 0 Å². The quantitative estimate of drug-likeness (QED) is 0.730. The number of nitrogens with two attached hydrogens (primary N) is 1. The van der Waals surface area contributed by atoms with Crippen molar-refractivity contribution in [2.24, 2.45) is 11.7 Å². The lowest BCUT2D eigenvalue weighted by Crippen LogP contribution is -2.05. The summed E-state index contributed by atoms with van der Waals surface area (Å²) in [6.07, 6.45) is 3.57. The minimum Gasteiger partial charge on any atom is -0.338 e. The fourth-order valence-electron chi connectivity index (χ4n) is 1.12. The monoisotopic (exact) mass is 167 g/mol. The van der Waals surface area contributed by atoms with Crippen molar-refractivity contribution in [3.63, 3.8) is 0 Å². The summed E-state index contributed by atoms with van der Waals surface area (Å²) < 4.78 is 4.97. The Hall–Kier alpha value is -0.900. The van der Waals surface area contributed by atoms with Crippen molar-refractivity contribution in [2.75, 3.05) is 0 Å². The molecule has 1 aliphatic carbocycles. The Labute approximate surface area is 71.1 Å². The van der Waals surface area contributed by atoms with E-state index in [0.717, 1.165) is 18.2 Å². The number of nitrogens with zero attached hydrogens (tertiary/aromatic N) is 2. The maximum atomic E-state index is 5.58. The third kappa shape index (κ3) is 1.64. The molecule has 1 atom stereocenters. The van der Waals surface area contributed by atoms with Gasteiger partial charge in [-0.05, 0) is 25.7 Å². The highest BCUT2D eigenvalue weighted by atomic mass is 16.5. The van der Waals surface area contributed by atoms with E-state index >= 15 is 0 Å². The van der Waals surface area contributed by atoms with Crippen LogP contribution in [0.3, 0.4) is 0 Å². The fraction of sp³-hybridized carbons (Fsp3) is 0.750. The topological polar surface area (TPSA) is 64.9 Å². The summed E-state index contributed by atoms with van der Waals surface area (Å²) in [7, 11) is 0. The molecule has 0 radical (unpaired) electrons. The molecule has 0 bridgehead atoms. The van der Waals surface area contributed by atoms with Crippen LogP contribution in [0, 0.1) is 5.92 Å². The average Bonchev–Trinajstić information content (AvgIpc) is 2.66. The molecule has 1 heterocycles. The first-order valence-electron chi connectivity index (χ1n) is 4.34. The molecule has 4 heteroatoms. The van der Waals surface area contributed by atoms with Crippen molar-refractivity contribution < 1.29 is 4.52 Å². The van der Waals surface area contributed by atoms with Gasteiger partial charge in [0, 0.05) is 6.42 Å². The molecule has 12 heavy (non-hydrogen) atoms. The largest absolute Gasteiger partial charge is 0.338 e. The van der Waals surface area contributed by atoms with E-state index in [1.807, 2.05) is 6.92 Å². The molecule has 1 aromatic rings. The predicted molar refractivity (Wildman–Crippen MR) is 43.3 cm³/mol. The van der Waals surface area contributed by atoms with E-state index in [0.29, 0.717) is 5.89 Å². The predicted octanol–water partition coefficient (Wildman–Crippen LogP) is 1.04. The highest BCUT2D eigenvalue weighted by Crippen LogP contribution is 2.31. The zero-order chi connectivity index (χ0) is 8.55. The van der Waals surface area contributed by atoms with Gasteiger partial charge in [-0.1, -0.05) is 5.16 Å². The maximum Gasteiger partial charge on any atom is 0.243 e. The molecule has 1 aromatic heterocycles. The van der Waals surface area contributed by atoms with Gasteiger partial charge >= 0.3 is 0 Å². The van der Waals surface area contributed by atoms with E-state index in [2.05, 4.69) is 10.1 Å². The van der Waals surface area contributed by atoms with Crippen LogP contribution in [0.2, 0.25) is 0 Å². The third-order valence-electron chi connectivity index (χ3n) is 2.04. The van der Waals surface area contributed by atoms with Gasteiger partial charge in [-0.2, -0.15) is 4.98 Å². The normalized spacial score (nSPS) is 19.5. The van der Waals surface area contributed by atoms with Crippen molar-refractivity contribution in [1.29, 1.82) is 0 Å². The van der Waals surface area contributed by atoms with Gasteiger partial charge in [0.1, 0.15) is 0 Å². The zero-order valence-electron chi connectivity index (χ0n) is 7.16. The second-order valence-corrected chi connectivity index (χ2v) is 3.49. The summed E-state index contributed by atoms with van der Waals surface area (Å²) in [5.74, 6) is 2.15. The van der Waals surface area contributed by atoms with Gasteiger partial charge < -0.3 is 10.3 Å². The molecular formula is C8H13N3O. The summed E-state index contributed by atoms with van der Waals surface area (Å²) in [5, 5.41) is 3.85. The molecule has 0 spiro atoms. The molecule has 0 saturated heterocycles. The lowest BCUT2D eigenvalue weighted by molar-refractivity contribution is 0.356. The van der Waals surface area contributed by atoms with Crippen LogP contribution in [0.4, 0.5) is 0 Å². The van der Waals surface area contributed by atoms with Crippen LogP contribution in [0.5, 0.6) is 0 Å². The lowest BCUT2D eigenvalue weighted by atomic mass is 10.3. The van der Waals surface area contributed by atoms with E-state index < -0.39 is 0 Å². The van der Waals surface area contributed by atoms with Crippen molar-refractivity contribution in [2.45, 2.75) is 32.2 Å². The van der Waals surface area contributed by atoms with Crippen LogP contribution in [0.15, 0.2) is 4.52 Å². The smallest absolute Gasteiger partial charge is 0.243 e. The Kier molecular flexibility index (Phi) is 1.84. The van der Waals surface area contributed by atoms with Crippen molar-refractivity contribution >= 4 is 0 Å². The minimum atomic E-state index is -0.148. The molecule has 1 saturated carbocycles. The molecule has 1 fully saturated rings. The second-order valence-electron chi connectivity index (χ2n) is 3.49. The van der Waals surface area contributed by atoms with Crippen LogP contribution in [-0.4, -0.2) is 10.1 Å². The van der Waals surface area contributed by atoms with Gasteiger partial charge in [-0.3, -0.25) is 0 Å². The van der Waals surface area contributed by atoms with Crippen LogP contribution in [0.1, 0.15) is 37.5 Å². The molecule has 0 amide bonds. The Morgan fingerprint density at radius 1 is 1.67 bits per heavy atom. The van der Waals surface area contributed by atoms with Gasteiger partial charge in [0.2, 0.25) is 5.89 Å². The summed E-state index contributed by atoms with van der Waals surface area (Å²) in [6, 6.07) is -0.148. The first-order chi connectivity index (χ1) is 5.75. The molecule has 66 valence electrons. The molecular weight excluding hydrogens is 154 g/mol. The Bertz CT molecular complexity index is 265. The fourth-order valence-corrected chi connectivity index (χ4v) is 1.12. The van der Waals surface area contributed by atoms with E-state index in [-0.39, 0.29) is 6.04 Å². The molecule has 1 aliphatic rings. The maximum absolute atomic E-state index is 5.58. The lowest BCUT2D eigenvalue weighted by Gasteiger charge is -1.92. The number of rotatable bonds is 3. The number of hydrogen-bond acceptors (Lipinski definition) is 4. The molecule has 0 aromatic carbocycles. The van der Waals surface area contributed by atoms with Crippen molar-refractivity contribution in [1.82, 2.24) is 10.1 Å². The SMILES string of the molecule is C[C@H](N)c1nc(CC2CC2)no1. The van der Waals surface area contributed by atoms with Gasteiger partial charge in [-0.25, -0.2) is 0 Å². The molecule has 2 rings (SSSR count). The second kappa shape index (κ2) is 2.86. The van der Waals surface area contributed by atoms with Crippen molar-refractivity contribution in [3.8, 4) is 0 Å². The van der Waals surface area contributed by atoms with Gasteiger partial charge in [0.25, 0.3) is 0 Å². The Balaban J connectivity index is 2.02. The third-order valence-corrected chi connectivity index (χ3v) is 2.04. The summed E-state index contributed by atoms with van der Waals surface area (Å²) in [6.45, 7) is 1.84. The van der Waals surface area contributed by atoms with Crippen molar-refractivity contribution in [3.05, 3.63) is 11.7 Å². The van der Waals surface area contributed by atoms with E-state index in [1.165, 1.54) is 12.8 Å². The van der Waals surface area contributed by atoms with E-state index in [9.17, 15) is 0 Å². The van der Waals surface area contributed by atoms with Crippen LogP contribution in [-0.2, 0) is 6.42 Å². The average molecular weight is 167 g/mol.